The van der Waals surface area contributed by atoms with E-state index in [1.807, 2.05) is 31.0 Å². The first-order chi connectivity index (χ1) is 9.01. The fraction of sp³-hybridized carbons (Fsp3) is 0.571. The van der Waals surface area contributed by atoms with Crippen LogP contribution in [0.5, 0.6) is 0 Å². The summed E-state index contributed by atoms with van der Waals surface area (Å²) in [7, 11) is 1.85. The van der Waals surface area contributed by atoms with Crippen LogP contribution in [-0.2, 0) is 20.9 Å². The molecule has 19 heavy (non-hydrogen) atoms. The summed E-state index contributed by atoms with van der Waals surface area (Å²) in [5, 5.41) is 0. The molecule has 5 nitrogen and oxygen atoms in total. The van der Waals surface area contributed by atoms with E-state index < -0.39 is 0 Å². The van der Waals surface area contributed by atoms with E-state index in [4.69, 9.17) is 9.15 Å². The fourth-order valence-electron chi connectivity index (χ4n) is 1.75. The van der Waals surface area contributed by atoms with Crippen molar-refractivity contribution in [3.63, 3.8) is 0 Å². The smallest absolute Gasteiger partial charge is 0.306 e. The average molecular weight is 267 g/mol. The molecule has 0 aliphatic heterocycles. The van der Waals surface area contributed by atoms with Crippen molar-refractivity contribution >= 4 is 11.8 Å². The molecule has 1 aromatic heterocycles. The number of ketones is 1. The highest BCUT2D eigenvalue weighted by Gasteiger charge is 2.11. The maximum absolute atomic E-state index is 11.7. The number of Topliss-reactive ketones (excluding diaryl/α,β-unsaturated/α-hetero) is 1. The van der Waals surface area contributed by atoms with Crippen molar-refractivity contribution < 1.29 is 18.7 Å². The number of rotatable bonds is 8. The molecular formula is C14H21NO4. The minimum atomic E-state index is -0.319. The molecule has 1 aromatic rings. The zero-order chi connectivity index (χ0) is 14.3. The predicted molar refractivity (Wildman–Crippen MR) is 70.7 cm³/mol. The summed E-state index contributed by atoms with van der Waals surface area (Å²) in [5.74, 6) is 1.40. The second-order valence-corrected chi connectivity index (χ2v) is 4.53. The number of likely N-dealkylation sites (N-methyl/N-ethyl adjacent to an activating group) is 1. The van der Waals surface area contributed by atoms with Crippen LogP contribution in [0.4, 0.5) is 0 Å². The van der Waals surface area contributed by atoms with Crippen LogP contribution < -0.4 is 0 Å². The Hall–Kier alpha value is -1.62. The molecule has 0 aliphatic carbocycles. The number of hydrogen-bond donors (Lipinski definition) is 0. The van der Waals surface area contributed by atoms with Gasteiger partial charge in [0.1, 0.15) is 17.3 Å². The molecule has 106 valence electrons. The Kier molecular flexibility index (Phi) is 6.29. The monoisotopic (exact) mass is 267 g/mol. The number of ether oxygens (including phenoxy) is 1. The van der Waals surface area contributed by atoms with Crippen molar-refractivity contribution in [1.29, 1.82) is 0 Å². The first-order valence-electron chi connectivity index (χ1n) is 6.42. The molecule has 1 rings (SSSR count). The molecule has 0 aromatic carbocycles. The number of furan rings is 1. The van der Waals surface area contributed by atoms with E-state index in [1.165, 1.54) is 0 Å². The Morgan fingerprint density at radius 1 is 1.32 bits per heavy atom. The van der Waals surface area contributed by atoms with Crippen molar-refractivity contribution in [3.8, 4) is 0 Å². The highest BCUT2D eigenvalue weighted by Crippen LogP contribution is 2.08. The number of carbonyl (C=O) groups excluding carboxylic acids is 2. The Morgan fingerprint density at radius 3 is 2.63 bits per heavy atom. The van der Waals surface area contributed by atoms with Crippen molar-refractivity contribution in [2.45, 2.75) is 33.2 Å². The second-order valence-electron chi connectivity index (χ2n) is 4.53. The van der Waals surface area contributed by atoms with E-state index in [1.54, 1.807) is 6.92 Å². The Labute approximate surface area is 113 Å². The third-order valence-corrected chi connectivity index (χ3v) is 2.58. The maximum Gasteiger partial charge on any atom is 0.306 e. The van der Waals surface area contributed by atoms with Gasteiger partial charge in [-0.2, -0.15) is 0 Å². The number of nitrogens with zero attached hydrogens (tertiary/aromatic N) is 1. The largest absolute Gasteiger partial charge is 0.466 e. The van der Waals surface area contributed by atoms with E-state index >= 15 is 0 Å². The molecule has 0 amide bonds. The minimum absolute atomic E-state index is 0.0267. The highest BCUT2D eigenvalue weighted by atomic mass is 16.5. The van der Waals surface area contributed by atoms with Gasteiger partial charge in [-0.25, -0.2) is 0 Å². The van der Waals surface area contributed by atoms with E-state index in [9.17, 15) is 9.59 Å². The molecule has 0 N–H and O–H groups in total. The predicted octanol–water partition coefficient (Wildman–Crippen LogP) is 1.93. The van der Waals surface area contributed by atoms with Crippen molar-refractivity contribution in [2.75, 3.05) is 20.2 Å². The molecule has 0 fully saturated rings. The van der Waals surface area contributed by atoms with Gasteiger partial charge < -0.3 is 9.15 Å². The van der Waals surface area contributed by atoms with Gasteiger partial charge in [-0.15, -0.1) is 0 Å². The third kappa shape index (κ3) is 6.20. The lowest BCUT2D eigenvalue weighted by Gasteiger charge is -2.13. The van der Waals surface area contributed by atoms with Gasteiger partial charge in [-0.1, -0.05) is 0 Å². The lowest BCUT2D eigenvalue weighted by atomic mass is 10.2. The summed E-state index contributed by atoms with van der Waals surface area (Å²) in [6, 6.07) is 3.79. The lowest BCUT2D eigenvalue weighted by molar-refractivity contribution is -0.144. The van der Waals surface area contributed by atoms with Crippen LogP contribution in [-0.4, -0.2) is 36.9 Å². The SMILES string of the molecule is CCOC(=O)CCC(=O)CN(C)Cc1ccc(C)o1. The molecule has 0 aliphatic rings. The topological polar surface area (TPSA) is 59.8 Å². The van der Waals surface area contributed by atoms with Crippen LogP contribution in [0.15, 0.2) is 16.5 Å². The highest BCUT2D eigenvalue weighted by molar-refractivity contribution is 5.84. The number of esters is 1. The van der Waals surface area contributed by atoms with Gasteiger partial charge in [0.15, 0.2) is 0 Å². The summed E-state index contributed by atoms with van der Waals surface area (Å²) in [6.45, 7) is 4.87. The van der Waals surface area contributed by atoms with E-state index in [0.717, 1.165) is 11.5 Å². The van der Waals surface area contributed by atoms with Crippen LogP contribution in [0.1, 0.15) is 31.3 Å². The Morgan fingerprint density at radius 2 is 2.05 bits per heavy atom. The molecule has 0 saturated heterocycles. The van der Waals surface area contributed by atoms with Crippen LogP contribution in [0.25, 0.3) is 0 Å². The van der Waals surface area contributed by atoms with Gasteiger partial charge in [0.05, 0.1) is 26.1 Å². The van der Waals surface area contributed by atoms with E-state index in [2.05, 4.69) is 0 Å². The van der Waals surface area contributed by atoms with Crippen LogP contribution in [0, 0.1) is 6.92 Å². The standard InChI is InChI=1S/C14H21NO4/c1-4-18-14(17)8-6-12(16)9-15(3)10-13-7-5-11(2)19-13/h5,7H,4,6,8-10H2,1-3H3. The minimum Gasteiger partial charge on any atom is -0.466 e. The zero-order valence-electron chi connectivity index (χ0n) is 11.8. The molecule has 5 heteroatoms. The maximum atomic E-state index is 11.7. The van der Waals surface area contributed by atoms with E-state index in [0.29, 0.717) is 19.7 Å². The van der Waals surface area contributed by atoms with Gasteiger partial charge in [0, 0.05) is 6.42 Å². The first kappa shape index (κ1) is 15.4. The fourth-order valence-corrected chi connectivity index (χ4v) is 1.75. The molecule has 0 saturated carbocycles. The van der Waals surface area contributed by atoms with Crippen LogP contribution >= 0.6 is 0 Å². The third-order valence-electron chi connectivity index (χ3n) is 2.58. The molecule has 0 radical (unpaired) electrons. The zero-order valence-corrected chi connectivity index (χ0v) is 11.8. The van der Waals surface area contributed by atoms with Gasteiger partial charge in [-0.05, 0) is 33.0 Å². The van der Waals surface area contributed by atoms with Gasteiger partial charge in [0.25, 0.3) is 0 Å². The van der Waals surface area contributed by atoms with Crippen LogP contribution in [0.3, 0.4) is 0 Å². The van der Waals surface area contributed by atoms with Crippen molar-refractivity contribution in [2.24, 2.45) is 0 Å². The molecule has 0 unspecified atom stereocenters. The van der Waals surface area contributed by atoms with Crippen molar-refractivity contribution in [1.82, 2.24) is 4.90 Å². The second kappa shape index (κ2) is 7.74. The molecule has 0 bridgehead atoms. The van der Waals surface area contributed by atoms with Gasteiger partial charge in [0.2, 0.25) is 0 Å². The van der Waals surface area contributed by atoms with Crippen molar-refractivity contribution in [3.05, 3.63) is 23.7 Å². The summed E-state index contributed by atoms with van der Waals surface area (Å²) >= 11 is 0. The summed E-state index contributed by atoms with van der Waals surface area (Å²) in [6.07, 6.45) is 0.376. The quantitative estimate of drug-likeness (QED) is 0.674. The van der Waals surface area contributed by atoms with Crippen LogP contribution in [0.2, 0.25) is 0 Å². The van der Waals surface area contributed by atoms with Gasteiger partial charge in [-0.3, -0.25) is 14.5 Å². The average Bonchev–Trinajstić information content (AvgIpc) is 2.72. The summed E-state index contributed by atoms with van der Waals surface area (Å²) in [5.41, 5.74) is 0. The normalized spacial score (nSPS) is 10.7. The van der Waals surface area contributed by atoms with E-state index in [-0.39, 0.29) is 24.6 Å². The molecule has 0 atom stereocenters. The number of carbonyl (C=O) groups is 2. The summed E-state index contributed by atoms with van der Waals surface area (Å²) in [4.78, 5) is 24.7. The van der Waals surface area contributed by atoms with Gasteiger partial charge >= 0.3 is 5.97 Å². The molecule has 0 spiro atoms. The first-order valence-corrected chi connectivity index (χ1v) is 6.42. The number of hydrogen-bond acceptors (Lipinski definition) is 5. The Balaban J connectivity index is 2.26. The summed E-state index contributed by atoms with van der Waals surface area (Å²) < 4.78 is 10.2. The molecule has 1 heterocycles. The lowest BCUT2D eigenvalue weighted by Crippen LogP contribution is -2.25. The number of aryl methyl sites for hydroxylation is 1. The Bertz CT molecular complexity index is 425. The molecular weight excluding hydrogens is 246 g/mol.